The van der Waals surface area contributed by atoms with Crippen LogP contribution >= 0.6 is 7.82 Å². The third kappa shape index (κ3) is 3.21. The van der Waals surface area contributed by atoms with Crippen molar-refractivity contribution >= 4 is 7.82 Å². The zero-order valence-corrected chi connectivity index (χ0v) is 7.83. The Labute approximate surface area is 71.2 Å². The van der Waals surface area contributed by atoms with Gasteiger partial charge in [-0.1, -0.05) is 0 Å². The molecule has 2 atom stereocenters. The Kier molecular flexibility index (Phi) is 3.68. The van der Waals surface area contributed by atoms with E-state index >= 15 is 0 Å². The van der Waals surface area contributed by atoms with Crippen LogP contribution in [0.2, 0.25) is 0 Å². The van der Waals surface area contributed by atoms with Gasteiger partial charge in [-0.05, 0) is 19.3 Å². The molecule has 0 amide bonds. The molecule has 1 aliphatic rings. The van der Waals surface area contributed by atoms with Gasteiger partial charge in [0.05, 0.1) is 6.61 Å². The van der Waals surface area contributed by atoms with Gasteiger partial charge in [0.2, 0.25) is 0 Å². The fourth-order valence-corrected chi connectivity index (χ4v) is 1.89. The number of phosphoric acid groups is 1. The van der Waals surface area contributed by atoms with Crippen molar-refractivity contribution in [2.45, 2.75) is 25.6 Å². The van der Waals surface area contributed by atoms with Crippen LogP contribution in [0.4, 0.5) is 0 Å². The van der Waals surface area contributed by atoms with E-state index in [9.17, 15) is 4.57 Å². The Balaban J connectivity index is 2.51. The summed E-state index contributed by atoms with van der Waals surface area (Å²) in [7, 11) is -2.42. The monoisotopic (exact) mass is 196 g/mol. The number of phosphoric ester groups is 1. The van der Waals surface area contributed by atoms with Crippen LogP contribution in [0.5, 0.6) is 0 Å². The molecule has 0 aromatic heterocycles. The predicted molar refractivity (Wildman–Crippen MR) is 41.5 cm³/mol. The smallest absolute Gasteiger partial charge is 0.355 e. The quantitative estimate of drug-likeness (QED) is 0.640. The summed E-state index contributed by atoms with van der Waals surface area (Å²) in [6, 6.07) is 0. The van der Waals surface area contributed by atoms with Crippen molar-refractivity contribution in [2.24, 2.45) is 0 Å². The van der Waals surface area contributed by atoms with Gasteiger partial charge in [0.15, 0.2) is 6.29 Å². The minimum absolute atomic E-state index is 0.268. The van der Waals surface area contributed by atoms with Gasteiger partial charge in [0.1, 0.15) is 0 Å². The minimum Gasteiger partial charge on any atom is -0.355 e. The van der Waals surface area contributed by atoms with Crippen LogP contribution in [0.1, 0.15) is 19.3 Å². The van der Waals surface area contributed by atoms with Gasteiger partial charge >= 0.3 is 7.82 Å². The molecule has 0 saturated carbocycles. The number of methoxy groups -OCH3 is 1. The number of rotatable bonds is 1. The van der Waals surface area contributed by atoms with E-state index in [-0.39, 0.29) is 6.61 Å². The molecule has 0 aromatic rings. The maximum absolute atomic E-state index is 11.0. The first-order valence-electron chi connectivity index (χ1n) is 3.82. The first-order valence-corrected chi connectivity index (χ1v) is 5.32. The Morgan fingerprint density at radius 2 is 2.33 bits per heavy atom. The third-order valence-corrected chi connectivity index (χ3v) is 2.61. The fraction of sp³-hybridized carbons (Fsp3) is 1.00. The summed E-state index contributed by atoms with van der Waals surface area (Å²) in [5, 5.41) is 0. The summed E-state index contributed by atoms with van der Waals surface area (Å²) in [6.07, 6.45) is 1.64. The van der Waals surface area contributed by atoms with E-state index < -0.39 is 14.1 Å². The summed E-state index contributed by atoms with van der Waals surface area (Å²) in [6.45, 7) is 0.268. The molecule has 5 nitrogen and oxygen atoms in total. The van der Waals surface area contributed by atoms with Crippen molar-refractivity contribution in [2.75, 3.05) is 13.7 Å². The second-order valence-corrected chi connectivity index (χ2v) is 3.97. The maximum Gasteiger partial charge on any atom is 0.474 e. The zero-order chi connectivity index (χ0) is 9.03. The minimum atomic E-state index is -3.86. The summed E-state index contributed by atoms with van der Waals surface area (Å²) < 4.78 is 25.1. The maximum atomic E-state index is 11.0. The average Bonchev–Trinajstić information content (AvgIpc) is 1.97. The van der Waals surface area contributed by atoms with E-state index in [1.54, 1.807) is 0 Å². The molecule has 12 heavy (non-hydrogen) atoms. The lowest BCUT2D eigenvalue weighted by atomic mass is 10.2. The molecule has 1 saturated heterocycles. The topological polar surface area (TPSA) is 65.0 Å². The third-order valence-electron chi connectivity index (χ3n) is 1.60. The molecule has 6 heteroatoms. The Bertz CT molecular complexity index is 183. The molecule has 0 radical (unpaired) electrons. The standard InChI is InChI=1S/C6H13O5P/c1-9-6-4-2-3-5-10-12(7,8)11-6/h6H,2-5H2,1H3,(H,7,8). The molecular weight excluding hydrogens is 183 g/mol. The van der Waals surface area contributed by atoms with Crippen molar-refractivity contribution in [3.63, 3.8) is 0 Å². The highest BCUT2D eigenvalue weighted by molar-refractivity contribution is 7.47. The molecule has 1 rings (SSSR count). The molecule has 1 fully saturated rings. The van der Waals surface area contributed by atoms with Crippen molar-refractivity contribution < 1.29 is 23.2 Å². The summed E-state index contributed by atoms with van der Waals surface area (Å²) in [5.41, 5.74) is 0. The van der Waals surface area contributed by atoms with Crippen LogP contribution in [0, 0.1) is 0 Å². The molecule has 0 spiro atoms. The van der Waals surface area contributed by atoms with Crippen molar-refractivity contribution in [3.8, 4) is 0 Å². The van der Waals surface area contributed by atoms with Gasteiger partial charge in [0, 0.05) is 7.11 Å². The predicted octanol–water partition coefficient (Wildman–Crippen LogP) is 1.28. The molecule has 1 heterocycles. The van der Waals surface area contributed by atoms with Crippen LogP contribution in [0.3, 0.4) is 0 Å². The highest BCUT2D eigenvalue weighted by Gasteiger charge is 2.27. The molecule has 2 unspecified atom stereocenters. The molecule has 0 bridgehead atoms. The number of hydrogen-bond donors (Lipinski definition) is 1. The first-order chi connectivity index (χ1) is 5.64. The Morgan fingerprint density at radius 3 is 3.00 bits per heavy atom. The van der Waals surface area contributed by atoms with E-state index in [1.807, 2.05) is 0 Å². The number of ether oxygens (including phenoxy) is 1. The lowest BCUT2D eigenvalue weighted by Crippen LogP contribution is -2.17. The van der Waals surface area contributed by atoms with Crippen molar-refractivity contribution in [3.05, 3.63) is 0 Å². The van der Waals surface area contributed by atoms with E-state index in [4.69, 9.17) is 14.2 Å². The van der Waals surface area contributed by atoms with Gasteiger partial charge < -0.3 is 9.63 Å². The Morgan fingerprint density at radius 1 is 1.58 bits per heavy atom. The van der Waals surface area contributed by atoms with E-state index in [2.05, 4.69) is 4.52 Å². The van der Waals surface area contributed by atoms with Crippen LogP contribution in [-0.4, -0.2) is 24.9 Å². The summed E-state index contributed by atoms with van der Waals surface area (Å²) in [4.78, 5) is 9.01. The van der Waals surface area contributed by atoms with Gasteiger partial charge in [-0.2, -0.15) is 0 Å². The normalized spacial score (nSPS) is 38.7. The van der Waals surface area contributed by atoms with Gasteiger partial charge in [-0.3, -0.25) is 9.05 Å². The highest BCUT2D eigenvalue weighted by Crippen LogP contribution is 2.46. The van der Waals surface area contributed by atoms with Gasteiger partial charge in [-0.25, -0.2) is 4.57 Å². The molecule has 1 N–H and O–H groups in total. The Hall–Kier alpha value is 0.0700. The molecule has 0 aromatic carbocycles. The van der Waals surface area contributed by atoms with Crippen molar-refractivity contribution in [1.82, 2.24) is 0 Å². The molecular formula is C6H13O5P. The van der Waals surface area contributed by atoms with Crippen LogP contribution in [-0.2, 0) is 18.3 Å². The highest BCUT2D eigenvalue weighted by atomic mass is 31.2. The van der Waals surface area contributed by atoms with Gasteiger partial charge in [0.25, 0.3) is 0 Å². The van der Waals surface area contributed by atoms with Crippen LogP contribution in [0.25, 0.3) is 0 Å². The molecule has 1 aliphatic heterocycles. The lowest BCUT2D eigenvalue weighted by molar-refractivity contribution is -0.0835. The second kappa shape index (κ2) is 4.35. The van der Waals surface area contributed by atoms with Crippen molar-refractivity contribution in [1.29, 1.82) is 0 Å². The second-order valence-electron chi connectivity index (χ2n) is 2.57. The molecule has 0 aliphatic carbocycles. The zero-order valence-electron chi connectivity index (χ0n) is 6.93. The number of hydrogen-bond acceptors (Lipinski definition) is 4. The largest absolute Gasteiger partial charge is 0.474 e. The average molecular weight is 196 g/mol. The first kappa shape index (κ1) is 10.2. The van der Waals surface area contributed by atoms with E-state index in [0.29, 0.717) is 6.42 Å². The molecule has 72 valence electrons. The van der Waals surface area contributed by atoms with E-state index in [1.165, 1.54) is 7.11 Å². The SMILES string of the molecule is COC1CCCCOP(=O)(O)O1. The summed E-state index contributed by atoms with van der Waals surface area (Å²) in [5.74, 6) is 0. The van der Waals surface area contributed by atoms with Crippen LogP contribution in [0.15, 0.2) is 0 Å². The van der Waals surface area contributed by atoms with Crippen LogP contribution < -0.4 is 0 Å². The summed E-state index contributed by atoms with van der Waals surface area (Å²) >= 11 is 0. The fourth-order valence-electron chi connectivity index (χ4n) is 0.986. The van der Waals surface area contributed by atoms with E-state index in [0.717, 1.165) is 12.8 Å². The lowest BCUT2D eigenvalue weighted by Gasteiger charge is -2.21. The van der Waals surface area contributed by atoms with Gasteiger partial charge in [-0.15, -0.1) is 0 Å².